The minimum Gasteiger partial charge on any atom is -0.486 e. The van der Waals surface area contributed by atoms with Gasteiger partial charge >= 0.3 is 0 Å². The second-order valence-electron chi connectivity index (χ2n) is 7.51. The smallest absolute Gasteiger partial charge is 0.240 e. The molecule has 0 amide bonds. The Morgan fingerprint density at radius 3 is 2.41 bits per heavy atom. The highest BCUT2D eigenvalue weighted by Gasteiger charge is 2.39. The minimum absolute atomic E-state index is 0.108. The van der Waals surface area contributed by atoms with Gasteiger partial charge in [-0.25, -0.2) is 13.1 Å². The molecule has 0 bridgehead atoms. The van der Waals surface area contributed by atoms with Crippen molar-refractivity contribution in [2.45, 2.75) is 42.5 Å². The summed E-state index contributed by atoms with van der Waals surface area (Å²) in [6.45, 7) is 4.53. The zero-order valence-corrected chi connectivity index (χ0v) is 16.4. The molecule has 0 radical (unpaired) electrons. The largest absolute Gasteiger partial charge is 0.486 e. The Morgan fingerprint density at radius 1 is 0.963 bits per heavy atom. The predicted molar refractivity (Wildman–Crippen MR) is 101 cm³/mol. The highest BCUT2D eigenvalue weighted by Crippen LogP contribution is 2.35. The molecule has 1 N–H and O–H groups in total. The van der Waals surface area contributed by atoms with Crippen molar-refractivity contribution >= 4 is 10.0 Å². The SMILES string of the molecule is O=S(=O)(NCC1(N2CCOCC2)CCCCC1)c1ccc2c(c1)OCCO2. The van der Waals surface area contributed by atoms with E-state index in [1.54, 1.807) is 18.2 Å². The summed E-state index contributed by atoms with van der Waals surface area (Å²) in [6.07, 6.45) is 5.56. The molecule has 1 aromatic rings. The third-order valence-corrected chi connectivity index (χ3v) is 7.28. The Kier molecular flexibility index (Phi) is 5.59. The normalized spacial score (nSPS) is 23.1. The topological polar surface area (TPSA) is 77.1 Å². The van der Waals surface area contributed by atoms with Gasteiger partial charge in [0.05, 0.1) is 18.1 Å². The summed E-state index contributed by atoms with van der Waals surface area (Å²) in [6, 6.07) is 4.80. The fraction of sp³-hybridized carbons (Fsp3) is 0.684. The van der Waals surface area contributed by atoms with Crippen LogP contribution in [0, 0.1) is 0 Å². The van der Waals surface area contributed by atoms with Crippen LogP contribution in [0.4, 0.5) is 0 Å². The van der Waals surface area contributed by atoms with E-state index in [2.05, 4.69) is 9.62 Å². The third kappa shape index (κ3) is 4.08. The molecule has 2 fully saturated rings. The second-order valence-corrected chi connectivity index (χ2v) is 9.28. The van der Waals surface area contributed by atoms with E-state index >= 15 is 0 Å². The molecule has 0 atom stereocenters. The number of rotatable bonds is 5. The van der Waals surface area contributed by atoms with Crippen molar-refractivity contribution in [3.8, 4) is 11.5 Å². The van der Waals surface area contributed by atoms with Gasteiger partial charge in [-0.2, -0.15) is 0 Å². The maximum absolute atomic E-state index is 12.9. The van der Waals surface area contributed by atoms with Crippen LogP contribution in [0.15, 0.2) is 23.1 Å². The van der Waals surface area contributed by atoms with Gasteiger partial charge in [0, 0.05) is 31.2 Å². The average molecular weight is 397 g/mol. The van der Waals surface area contributed by atoms with E-state index in [0.29, 0.717) is 31.3 Å². The number of morpholine rings is 1. The van der Waals surface area contributed by atoms with Crippen molar-refractivity contribution in [1.29, 1.82) is 0 Å². The summed E-state index contributed by atoms with van der Waals surface area (Å²) < 4.78 is 45.3. The number of hydrogen-bond donors (Lipinski definition) is 1. The van der Waals surface area contributed by atoms with Crippen molar-refractivity contribution in [3.05, 3.63) is 18.2 Å². The van der Waals surface area contributed by atoms with E-state index in [1.165, 1.54) is 6.42 Å². The van der Waals surface area contributed by atoms with Crippen LogP contribution >= 0.6 is 0 Å². The summed E-state index contributed by atoms with van der Waals surface area (Å²) >= 11 is 0. The molecular formula is C19H28N2O5S. The van der Waals surface area contributed by atoms with Crippen LogP contribution in [-0.2, 0) is 14.8 Å². The second kappa shape index (κ2) is 7.95. The first-order valence-electron chi connectivity index (χ1n) is 9.81. The van der Waals surface area contributed by atoms with Gasteiger partial charge in [-0.1, -0.05) is 19.3 Å². The van der Waals surface area contributed by atoms with Gasteiger partial charge in [0.1, 0.15) is 13.2 Å². The number of fused-ring (bicyclic) bond motifs is 1. The Morgan fingerprint density at radius 2 is 1.67 bits per heavy atom. The first-order chi connectivity index (χ1) is 13.1. The van der Waals surface area contributed by atoms with Crippen LogP contribution in [0.3, 0.4) is 0 Å². The van der Waals surface area contributed by atoms with Crippen molar-refractivity contribution in [1.82, 2.24) is 9.62 Å². The molecule has 27 heavy (non-hydrogen) atoms. The van der Waals surface area contributed by atoms with Gasteiger partial charge in [0.25, 0.3) is 0 Å². The number of hydrogen-bond acceptors (Lipinski definition) is 6. The zero-order valence-electron chi connectivity index (χ0n) is 15.6. The van der Waals surface area contributed by atoms with Crippen LogP contribution < -0.4 is 14.2 Å². The van der Waals surface area contributed by atoms with Crippen LogP contribution in [0.1, 0.15) is 32.1 Å². The van der Waals surface area contributed by atoms with Crippen LogP contribution in [0.25, 0.3) is 0 Å². The predicted octanol–water partition coefficient (Wildman–Crippen LogP) is 1.77. The number of ether oxygens (including phenoxy) is 3. The fourth-order valence-corrected chi connectivity index (χ4v) is 5.49. The number of nitrogens with one attached hydrogen (secondary N) is 1. The highest BCUT2D eigenvalue weighted by atomic mass is 32.2. The van der Waals surface area contributed by atoms with Gasteiger partial charge in [0.2, 0.25) is 10.0 Å². The Bertz CT molecular complexity index is 755. The van der Waals surface area contributed by atoms with E-state index in [4.69, 9.17) is 14.2 Å². The van der Waals surface area contributed by atoms with Crippen molar-refractivity contribution in [3.63, 3.8) is 0 Å². The van der Waals surface area contributed by atoms with E-state index in [0.717, 1.165) is 52.0 Å². The van der Waals surface area contributed by atoms with Gasteiger partial charge in [0.15, 0.2) is 11.5 Å². The minimum atomic E-state index is -3.61. The lowest BCUT2D eigenvalue weighted by atomic mass is 9.80. The third-order valence-electron chi connectivity index (χ3n) is 5.88. The molecule has 150 valence electrons. The molecular weight excluding hydrogens is 368 g/mol. The van der Waals surface area contributed by atoms with E-state index in [-0.39, 0.29) is 10.4 Å². The highest BCUT2D eigenvalue weighted by molar-refractivity contribution is 7.89. The van der Waals surface area contributed by atoms with Gasteiger partial charge < -0.3 is 14.2 Å². The summed E-state index contributed by atoms with van der Waals surface area (Å²) in [4.78, 5) is 2.65. The lowest BCUT2D eigenvalue weighted by Gasteiger charge is -2.48. The monoisotopic (exact) mass is 396 g/mol. The first-order valence-corrected chi connectivity index (χ1v) is 11.3. The fourth-order valence-electron chi connectivity index (χ4n) is 4.36. The Balaban J connectivity index is 1.51. The maximum atomic E-state index is 12.9. The molecule has 1 aromatic carbocycles. The molecule has 0 aromatic heterocycles. The molecule has 1 saturated carbocycles. The quantitative estimate of drug-likeness (QED) is 0.817. The summed E-state index contributed by atoms with van der Waals surface area (Å²) in [5.41, 5.74) is -0.108. The summed E-state index contributed by atoms with van der Waals surface area (Å²) in [5, 5.41) is 0. The average Bonchev–Trinajstić information content (AvgIpc) is 2.73. The van der Waals surface area contributed by atoms with E-state index in [9.17, 15) is 8.42 Å². The molecule has 3 aliphatic rings. The van der Waals surface area contributed by atoms with Crippen molar-refractivity contribution in [2.24, 2.45) is 0 Å². The Labute approximate surface area is 161 Å². The number of benzene rings is 1. The van der Waals surface area contributed by atoms with E-state index in [1.807, 2.05) is 0 Å². The molecule has 8 heteroatoms. The molecule has 0 unspecified atom stereocenters. The maximum Gasteiger partial charge on any atom is 0.240 e. The molecule has 2 aliphatic heterocycles. The lowest BCUT2D eigenvalue weighted by Crippen LogP contribution is -2.59. The van der Waals surface area contributed by atoms with Crippen molar-refractivity contribution < 1.29 is 22.6 Å². The number of sulfonamides is 1. The van der Waals surface area contributed by atoms with Crippen LogP contribution in [0.5, 0.6) is 11.5 Å². The zero-order chi connectivity index (χ0) is 18.7. The Hall–Kier alpha value is -1.35. The standard InChI is InChI=1S/C19H28N2O5S/c22-27(23,16-4-5-17-18(14-16)26-13-12-25-17)20-15-19(6-2-1-3-7-19)21-8-10-24-11-9-21/h4-5,14,20H,1-3,6-13,15H2. The first kappa shape index (κ1) is 19.0. The molecule has 1 saturated heterocycles. The molecule has 1 aliphatic carbocycles. The summed E-state index contributed by atoms with van der Waals surface area (Å²) in [5.74, 6) is 1.09. The molecule has 7 nitrogen and oxygen atoms in total. The lowest BCUT2D eigenvalue weighted by molar-refractivity contribution is -0.0348. The summed E-state index contributed by atoms with van der Waals surface area (Å²) in [7, 11) is -3.61. The molecule has 4 rings (SSSR count). The van der Waals surface area contributed by atoms with Crippen LogP contribution in [-0.4, -0.2) is 64.9 Å². The van der Waals surface area contributed by atoms with Gasteiger partial charge in [-0.15, -0.1) is 0 Å². The van der Waals surface area contributed by atoms with Crippen molar-refractivity contribution in [2.75, 3.05) is 46.1 Å². The molecule has 2 heterocycles. The van der Waals surface area contributed by atoms with Gasteiger partial charge in [-0.3, -0.25) is 4.90 Å². The number of nitrogens with zero attached hydrogens (tertiary/aromatic N) is 1. The van der Waals surface area contributed by atoms with E-state index < -0.39 is 10.0 Å². The van der Waals surface area contributed by atoms with Crippen LogP contribution in [0.2, 0.25) is 0 Å². The molecule has 0 spiro atoms. The van der Waals surface area contributed by atoms with Gasteiger partial charge in [-0.05, 0) is 25.0 Å².